The Balaban J connectivity index is 0.961. The summed E-state index contributed by atoms with van der Waals surface area (Å²) in [6, 6.07) is 8.50. The normalized spacial score (nSPS) is 23.7. The number of benzene rings is 1. The number of rotatable bonds is 9. The summed E-state index contributed by atoms with van der Waals surface area (Å²) in [4.78, 5) is 55.5. The van der Waals surface area contributed by atoms with Crippen molar-refractivity contribution in [3.05, 3.63) is 65.7 Å². The number of hydrogen-bond donors (Lipinski definition) is 4. The average Bonchev–Trinajstić information content (AvgIpc) is 3.72. The van der Waals surface area contributed by atoms with E-state index in [1.807, 2.05) is 31.7 Å². The highest BCUT2D eigenvalue weighted by molar-refractivity contribution is 6.24. The van der Waals surface area contributed by atoms with Crippen LogP contribution in [-0.2, 0) is 16.6 Å². The van der Waals surface area contributed by atoms with Gasteiger partial charge in [-0.25, -0.2) is 0 Å². The molecule has 1 aromatic carbocycles. The second-order valence-electron chi connectivity index (χ2n) is 12.1. The molecule has 2 aliphatic carbocycles. The molecular weight excluding hydrogens is 546 g/mol. The maximum absolute atomic E-state index is 13.1. The van der Waals surface area contributed by atoms with Crippen LogP contribution in [0.25, 0.3) is 16.5 Å². The molecule has 1 atom stereocenters. The number of hydrogen-bond acceptors (Lipinski definition) is 8. The van der Waals surface area contributed by atoms with Gasteiger partial charge in [0, 0.05) is 72.9 Å². The van der Waals surface area contributed by atoms with Crippen LogP contribution in [-0.4, -0.2) is 62.4 Å². The van der Waals surface area contributed by atoms with Gasteiger partial charge in [-0.3, -0.25) is 34.4 Å². The summed E-state index contributed by atoms with van der Waals surface area (Å²) in [5.74, 6) is -1.28. The van der Waals surface area contributed by atoms with Crippen LogP contribution in [0.1, 0.15) is 64.9 Å². The molecule has 4 N–H and O–H groups in total. The van der Waals surface area contributed by atoms with Gasteiger partial charge in [0.2, 0.25) is 11.8 Å². The second-order valence-corrected chi connectivity index (χ2v) is 12.1. The summed E-state index contributed by atoms with van der Waals surface area (Å²) in [5.41, 5.74) is 4.69. The highest BCUT2D eigenvalue weighted by Crippen LogP contribution is 2.36. The number of allylic oxidation sites excluding steroid dienone is 1. The minimum absolute atomic E-state index is 0.0915. The number of nitrogens with one attached hydrogen (secondary N) is 4. The Hall–Kier alpha value is -4.80. The lowest BCUT2D eigenvalue weighted by Gasteiger charge is -2.36. The van der Waals surface area contributed by atoms with E-state index in [-0.39, 0.29) is 24.0 Å². The fourth-order valence-electron chi connectivity index (χ4n) is 6.27. The van der Waals surface area contributed by atoms with Crippen LogP contribution >= 0.6 is 0 Å². The summed E-state index contributed by atoms with van der Waals surface area (Å²) < 4.78 is 2.07. The van der Waals surface area contributed by atoms with E-state index in [0.717, 1.165) is 65.0 Å². The number of carbonyl (C=O) groups is 4. The van der Waals surface area contributed by atoms with Gasteiger partial charge in [-0.1, -0.05) is 0 Å². The van der Waals surface area contributed by atoms with E-state index in [1.54, 1.807) is 18.2 Å². The Morgan fingerprint density at radius 1 is 1.07 bits per heavy atom. The highest BCUT2D eigenvalue weighted by atomic mass is 16.2. The number of nitrogens with zero attached hydrogens (tertiary/aromatic N) is 3. The van der Waals surface area contributed by atoms with Gasteiger partial charge >= 0.3 is 0 Å². The molecule has 4 aliphatic rings. The van der Waals surface area contributed by atoms with Crippen LogP contribution < -0.4 is 16.0 Å². The smallest absolute Gasteiger partial charge is 0.262 e. The van der Waals surface area contributed by atoms with Crippen molar-refractivity contribution in [2.45, 2.75) is 50.6 Å². The third-order valence-corrected chi connectivity index (χ3v) is 9.06. The zero-order chi connectivity index (χ0) is 29.8. The van der Waals surface area contributed by atoms with Gasteiger partial charge in [0.1, 0.15) is 6.04 Å². The van der Waals surface area contributed by atoms with Gasteiger partial charge < -0.3 is 20.6 Å². The van der Waals surface area contributed by atoms with Crippen molar-refractivity contribution < 1.29 is 19.2 Å². The van der Waals surface area contributed by atoms with Crippen molar-refractivity contribution in [2.75, 3.05) is 11.9 Å². The molecule has 2 aliphatic heterocycles. The molecule has 4 heterocycles. The highest BCUT2D eigenvalue weighted by Gasteiger charge is 2.44. The number of pyridine rings is 1. The lowest BCUT2D eigenvalue weighted by atomic mass is 9.80. The summed E-state index contributed by atoms with van der Waals surface area (Å²) >= 11 is 0. The molecule has 11 heteroatoms. The monoisotopic (exact) mass is 579 g/mol. The molecule has 1 unspecified atom stereocenters. The lowest BCUT2D eigenvalue weighted by molar-refractivity contribution is -0.136. The first-order valence-electron chi connectivity index (χ1n) is 14.8. The van der Waals surface area contributed by atoms with Gasteiger partial charge in [0.15, 0.2) is 0 Å². The minimum atomic E-state index is -0.972. The zero-order valence-corrected chi connectivity index (χ0v) is 23.9. The summed E-state index contributed by atoms with van der Waals surface area (Å²) in [7, 11) is 2.01. The minimum Gasteiger partial charge on any atom is -0.388 e. The van der Waals surface area contributed by atoms with Crippen molar-refractivity contribution in [1.82, 2.24) is 25.1 Å². The molecule has 4 amide bonds. The molecule has 3 fully saturated rings. The number of amides is 4. The van der Waals surface area contributed by atoms with Crippen molar-refractivity contribution in [1.29, 1.82) is 5.41 Å². The van der Waals surface area contributed by atoms with Crippen LogP contribution in [0.4, 0.5) is 5.69 Å². The SMILES string of the molecule is Cn1ccc2cnc(/C(=C/N[C@H]3C[C@H](CNc4ccc5c(c4)C(=O)N(C4CCC(=O)NC4=O)C5=O)C3)C(=N)C3CC3)cc21. The molecule has 2 saturated carbocycles. The van der Waals surface area contributed by atoms with Crippen molar-refractivity contribution in [3.8, 4) is 0 Å². The van der Waals surface area contributed by atoms with Crippen LogP contribution in [0, 0.1) is 17.2 Å². The Morgan fingerprint density at radius 2 is 1.86 bits per heavy atom. The largest absolute Gasteiger partial charge is 0.388 e. The van der Waals surface area contributed by atoms with E-state index in [1.165, 1.54) is 0 Å². The number of aromatic nitrogens is 2. The summed E-state index contributed by atoms with van der Waals surface area (Å²) in [6.07, 6.45) is 10.1. The van der Waals surface area contributed by atoms with E-state index >= 15 is 0 Å². The average molecular weight is 580 g/mol. The van der Waals surface area contributed by atoms with Gasteiger partial charge in [-0.2, -0.15) is 0 Å². The molecule has 0 radical (unpaired) electrons. The molecule has 43 heavy (non-hydrogen) atoms. The van der Waals surface area contributed by atoms with Crippen LogP contribution in [0.5, 0.6) is 0 Å². The first-order valence-corrected chi connectivity index (χ1v) is 14.8. The van der Waals surface area contributed by atoms with E-state index in [2.05, 4.69) is 31.6 Å². The fourth-order valence-corrected chi connectivity index (χ4v) is 6.27. The lowest BCUT2D eigenvalue weighted by Crippen LogP contribution is -2.54. The topological polar surface area (TPSA) is 149 Å². The number of carbonyl (C=O) groups excluding carboxylic acids is 4. The third kappa shape index (κ3) is 4.98. The quantitative estimate of drug-likeness (QED) is 0.225. The third-order valence-electron chi connectivity index (χ3n) is 9.06. The predicted octanol–water partition coefficient (Wildman–Crippen LogP) is 3.23. The van der Waals surface area contributed by atoms with E-state index in [4.69, 9.17) is 5.41 Å². The van der Waals surface area contributed by atoms with E-state index in [9.17, 15) is 19.2 Å². The van der Waals surface area contributed by atoms with Gasteiger partial charge in [-0.15, -0.1) is 0 Å². The number of aryl methyl sites for hydroxylation is 1. The van der Waals surface area contributed by atoms with Gasteiger partial charge in [-0.05, 0) is 68.4 Å². The number of fused-ring (bicyclic) bond motifs is 2. The first-order chi connectivity index (χ1) is 20.8. The molecule has 1 saturated heterocycles. The fraction of sp³-hybridized carbons (Fsp3) is 0.375. The van der Waals surface area contributed by atoms with Crippen LogP contribution in [0.15, 0.2) is 48.9 Å². The maximum atomic E-state index is 13.1. The number of imide groups is 2. The van der Waals surface area contributed by atoms with Gasteiger partial charge in [0.05, 0.1) is 22.3 Å². The first kappa shape index (κ1) is 27.1. The molecule has 0 spiro atoms. The molecule has 220 valence electrons. The molecule has 7 rings (SSSR count). The molecule has 3 aromatic rings. The van der Waals surface area contributed by atoms with Crippen molar-refractivity contribution >= 4 is 51.5 Å². The van der Waals surface area contributed by atoms with Gasteiger partial charge in [0.25, 0.3) is 11.8 Å². The van der Waals surface area contributed by atoms with E-state index in [0.29, 0.717) is 23.6 Å². The molecular formula is C32H33N7O4. The molecule has 0 bridgehead atoms. The van der Waals surface area contributed by atoms with Crippen molar-refractivity contribution in [3.63, 3.8) is 0 Å². The Morgan fingerprint density at radius 3 is 2.63 bits per heavy atom. The number of piperidine rings is 1. The second kappa shape index (κ2) is 10.5. The van der Waals surface area contributed by atoms with E-state index < -0.39 is 29.7 Å². The zero-order valence-electron chi connectivity index (χ0n) is 23.9. The Kier molecular flexibility index (Phi) is 6.60. The predicted molar refractivity (Wildman–Crippen MR) is 160 cm³/mol. The summed E-state index contributed by atoms with van der Waals surface area (Å²) in [6.45, 7) is 0.718. The number of anilines is 1. The Bertz CT molecular complexity index is 1730. The van der Waals surface area contributed by atoms with Crippen LogP contribution in [0.3, 0.4) is 0 Å². The maximum Gasteiger partial charge on any atom is 0.262 e. The van der Waals surface area contributed by atoms with Crippen molar-refractivity contribution in [2.24, 2.45) is 18.9 Å². The molecule has 2 aromatic heterocycles. The standard InChI is InChI=1S/C32H33N7O4/c1-38-9-8-19-15-36-25(13-27(19)38)24(29(33)18-2-3-18)16-35-21-10-17(11-21)14-34-20-4-5-22-23(12-20)32(43)39(31(22)42)26-6-7-28(40)37-30(26)41/h4-5,8-9,12-13,15-18,21,26,33-35H,2-3,6-7,10-11,14H2,1H3,(H,37,40,41)/b24-16-,33-29?/t17-,21-,26?. The molecule has 11 nitrogen and oxygen atoms in total. The summed E-state index contributed by atoms with van der Waals surface area (Å²) in [5, 5.41) is 19.0. The van der Waals surface area contributed by atoms with Crippen LogP contribution in [0.2, 0.25) is 0 Å². The Labute approximate surface area is 248 Å².